The van der Waals surface area contributed by atoms with Gasteiger partial charge in [0, 0.05) is 24.8 Å². The summed E-state index contributed by atoms with van der Waals surface area (Å²) >= 11 is 0. The Morgan fingerprint density at radius 3 is 2.65 bits per heavy atom. The van der Waals surface area contributed by atoms with Gasteiger partial charge in [-0.15, -0.1) is 0 Å². The molecule has 2 heteroatoms. The Hall–Kier alpha value is -1.02. The number of anilines is 1. The minimum absolute atomic E-state index is 0.721. The third kappa shape index (κ3) is 2.63. The van der Waals surface area contributed by atoms with Crippen molar-refractivity contribution in [3.8, 4) is 0 Å². The van der Waals surface area contributed by atoms with Crippen LogP contribution in [0, 0.1) is 12.8 Å². The van der Waals surface area contributed by atoms with Gasteiger partial charge in [0.2, 0.25) is 0 Å². The Kier molecular flexibility index (Phi) is 3.06. The standard InChI is InChI=1S/C15H22N2/c1-12-3-7-14(8-4-12)17-10-2-9-16-15(11-17)13-5-6-13/h3-4,7-8,13,15-16H,2,5-6,9-11H2,1H3. The molecule has 1 unspecified atom stereocenters. The van der Waals surface area contributed by atoms with Crippen molar-refractivity contribution in [3.63, 3.8) is 0 Å². The highest BCUT2D eigenvalue weighted by molar-refractivity contribution is 5.47. The van der Waals surface area contributed by atoms with Gasteiger partial charge in [-0.25, -0.2) is 0 Å². The summed E-state index contributed by atoms with van der Waals surface area (Å²) in [4.78, 5) is 2.56. The fraction of sp³-hybridized carbons (Fsp3) is 0.600. The molecule has 0 aromatic heterocycles. The van der Waals surface area contributed by atoms with Gasteiger partial charge in [-0.2, -0.15) is 0 Å². The SMILES string of the molecule is Cc1ccc(N2CCCNC(C3CC3)C2)cc1. The van der Waals surface area contributed by atoms with Crippen LogP contribution in [0.1, 0.15) is 24.8 Å². The van der Waals surface area contributed by atoms with E-state index in [1.165, 1.54) is 50.1 Å². The fourth-order valence-corrected chi connectivity index (χ4v) is 2.76. The van der Waals surface area contributed by atoms with E-state index in [9.17, 15) is 0 Å². The average Bonchev–Trinajstić information content (AvgIpc) is 3.16. The normalized spacial score (nSPS) is 25.7. The molecule has 1 aliphatic carbocycles. The molecule has 92 valence electrons. The molecule has 1 heterocycles. The second-order valence-corrected chi connectivity index (χ2v) is 5.53. The van der Waals surface area contributed by atoms with E-state index >= 15 is 0 Å². The highest BCUT2D eigenvalue weighted by Crippen LogP contribution is 2.34. The summed E-state index contributed by atoms with van der Waals surface area (Å²) in [6, 6.07) is 9.70. The molecule has 1 saturated carbocycles. The molecule has 1 atom stereocenters. The van der Waals surface area contributed by atoms with Crippen LogP contribution in [-0.4, -0.2) is 25.7 Å². The molecule has 2 fully saturated rings. The predicted octanol–water partition coefficient (Wildman–Crippen LogP) is 2.57. The number of hydrogen-bond donors (Lipinski definition) is 1. The summed E-state index contributed by atoms with van der Waals surface area (Å²) < 4.78 is 0. The zero-order valence-electron chi connectivity index (χ0n) is 10.7. The summed E-state index contributed by atoms with van der Waals surface area (Å²) in [5.41, 5.74) is 2.74. The molecule has 3 rings (SSSR count). The van der Waals surface area contributed by atoms with Crippen molar-refractivity contribution < 1.29 is 0 Å². The van der Waals surface area contributed by atoms with E-state index in [4.69, 9.17) is 0 Å². The highest BCUT2D eigenvalue weighted by atomic mass is 15.2. The third-order valence-electron chi connectivity index (χ3n) is 4.02. The van der Waals surface area contributed by atoms with E-state index in [0.29, 0.717) is 0 Å². The monoisotopic (exact) mass is 230 g/mol. The van der Waals surface area contributed by atoms with Crippen molar-refractivity contribution in [2.75, 3.05) is 24.5 Å². The highest BCUT2D eigenvalue weighted by Gasteiger charge is 2.33. The van der Waals surface area contributed by atoms with Crippen molar-refractivity contribution in [3.05, 3.63) is 29.8 Å². The molecule has 1 aliphatic heterocycles. The van der Waals surface area contributed by atoms with Gasteiger partial charge in [0.1, 0.15) is 0 Å². The molecule has 1 aromatic carbocycles. The molecule has 0 radical (unpaired) electrons. The van der Waals surface area contributed by atoms with Crippen LogP contribution >= 0.6 is 0 Å². The first kappa shape index (κ1) is 11.1. The topological polar surface area (TPSA) is 15.3 Å². The van der Waals surface area contributed by atoms with Crippen LogP contribution in [0.25, 0.3) is 0 Å². The number of benzene rings is 1. The van der Waals surface area contributed by atoms with E-state index < -0.39 is 0 Å². The van der Waals surface area contributed by atoms with Crippen molar-refractivity contribution in [1.29, 1.82) is 0 Å². The third-order valence-corrected chi connectivity index (χ3v) is 4.02. The quantitative estimate of drug-likeness (QED) is 0.840. The van der Waals surface area contributed by atoms with Crippen LogP contribution in [0.3, 0.4) is 0 Å². The van der Waals surface area contributed by atoms with Crippen LogP contribution in [-0.2, 0) is 0 Å². The van der Waals surface area contributed by atoms with Crippen LogP contribution < -0.4 is 10.2 Å². The van der Waals surface area contributed by atoms with Crippen molar-refractivity contribution in [2.24, 2.45) is 5.92 Å². The molecule has 0 amide bonds. The number of nitrogens with zero attached hydrogens (tertiary/aromatic N) is 1. The van der Waals surface area contributed by atoms with Crippen molar-refractivity contribution in [2.45, 2.75) is 32.2 Å². The zero-order chi connectivity index (χ0) is 11.7. The second kappa shape index (κ2) is 4.69. The predicted molar refractivity (Wildman–Crippen MR) is 72.5 cm³/mol. The Morgan fingerprint density at radius 2 is 1.94 bits per heavy atom. The van der Waals surface area contributed by atoms with Gasteiger partial charge in [-0.1, -0.05) is 17.7 Å². The second-order valence-electron chi connectivity index (χ2n) is 5.53. The van der Waals surface area contributed by atoms with Gasteiger partial charge in [0.15, 0.2) is 0 Å². The largest absolute Gasteiger partial charge is 0.370 e. The van der Waals surface area contributed by atoms with E-state index in [0.717, 1.165) is 12.0 Å². The number of rotatable bonds is 2. The molecular weight excluding hydrogens is 208 g/mol. The number of hydrogen-bond acceptors (Lipinski definition) is 2. The molecule has 0 spiro atoms. The molecule has 17 heavy (non-hydrogen) atoms. The lowest BCUT2D eigenvalue weighted by atomic mass is 10.1. The Labute approximate surface area is 104 Å². The Balaban J connectivity index is 1.73. The molecule has 2 nitrogen and oxygen atoms in total. The smallest absolute Gasteiger partial charge is 0.0366 e. The van der Waals surface area contributed by atoms with Crippen LogP contribution in [0.5, 0.6) is 0 Å². The van der Waals surface area contributed by atoms with E-state index in [-0.39, 0.29) is 0 Å². The van der Waals surface area contributed by atoms with Gasteiger partial charge in [-0.3, -0.25) is 0 Å². The summed E-state index contributed by atoms with van der Waals surface area (Å²) in [6.45, 7) is 5.72. The maximum Gasteiger partial charge on any atom is 0.0366 e. The van der Waals surface area contributed by atoms with E-state index in [1.807, 2.05) is 0 Å². The molecule has 1 aromatic rings. The van der Waals surface area contributed by atoms with E-state index in [1.54, 1.807) is 0 Å². The molecule has 1 saturated heterocycles. The number of aryl methyl sites for hydroxylation is 1. The summed E-state index contributed by atoms with van der Waals surface area (Å²) in [7, 11) is 0. The van der Waals surface area contributed by atoms with Gasteiger partial charge in [-0.05, 0) is 50.8 Å². The van der Waals surface area contributed by atoms with Crippen LogP contribution in [0.4, 0.5) is 5.69 Å². The molecular formula is C15H22N2. The van der Waals surface area contributed by atoms with Crippen molar-refractivity contribution in [1.82, 2.24) is 5.32 Å². The maximum absolute atomic E-state index is 3.71. The first-order chi connectivity index (χ1) is 8.33. The van der Waals surface area contributed by atoms with Gasteiger partial charge in [0.05, 0.1) is 0 Å². The molecule has 0 bridgehead atoms. The molecule has 2 aliphatic rings. The number of nitrogens with one attached hydrogen (secondary N) is 1. The Morgan fingerprint density at radius 1 is 1.18 bits per heavy atom. The fourth-order valence-electron chi connectivity index (χ4n) is 2.76. The summed E-state index contributed by atoms with van der Waals surface area (Å²) in [5, 5.41) is 3.71. The van der Waals surface area contributed by atoms with Crippen molar-refractivity contribution >= 4 is 5.69 Å². The summed E-state index contributed by atoms with van der Waals surface area (Å²) in [5.74, 6) is 0.945. The summed E-state index contributed by atoms with van der Waals surface area (Å²) in [6.07, 6.45) is 4.12. The zero-order valence-corrected chi connectivity index (χ0v) is 10.7. The Bertz CT molecular complexity index is 367. The van der Waals surface area contributed by atoms with E-state index in [2.05, 4.69) is 41.4 Å². The maximum atomic E-state index is 3.71. The van der Waals surface area contributed by atoms with Gasteiger partial charge in [0.25, 0.3) is 0 Å². The lowest BCUT2D eigenvalue weighted by Gasteiger charge is -2.26. The minimum atomic E-state index is 0.721. The van der Waals surface area contributed by atoms with Crippen LogP contribution in [0.15, 0.2) is 24.3 Å². The van der Waals surface area contributed by atoms with Gasteiger partial charge < -0.3 is 10.2 Å². The minimum Gasteiger partial charge on any atom is -0.370 e. The molecule has 1 N–H and O–H groups in total. The lowest BCUT2D eigenvalue weighted by molar-refractivity contribution is 0.490. The average molecular weight is 230 g/mol. The van der Waals surface area contributed by atoms with Gasteiger partial charge >= 0.3 is 0 Å². The first-order valence-electron chi connectivity index (χ1n) is 6.88. The first-order valence-corrected chi connectivity index (χ1v) is 6.88. The van der Waals surface area contributed by atoms with Crippen LogP contribution in [0.2, 0.25) is 0 Å². The lowest BCUT2D eigenvalue weighted by Crippen LogP contribution is -2.39.